The van der Waals surface area contributed by atoms with E-state index in [-0.39, 0.29) is 0 Å². The summed E-state index contributed by atoms with van der Waals surface area (Å²) in [5.41, 5.74) is 10.1. The molecule has 2 N–H and O–H groups in total. The Morgan fingerprint density at radius 3 is 2.40 bits per heavy atom. The van der Waals surface area contributed by atoms with Crippen LogP contribution in [0.25, 0.3) is 0 Å². The average molecular weight is 289 g/mol. The second-order valence-corrected chi connectivity index (χ2v) is 5.52. The fourth-order valence-corrected chi connectivity index (χ4v) is 2.54. The Morgan fingerprint density at radius 1 is 1.10 bits per heavy atom. The van der Waals surface area contributed by atoms with E-state index < -0.39 is 0 Å². The number of hydrogen-bond donors (Lipinski definition) is 1. The summed E-state index contributed by atoms with van der Waals surface area (Å²) in [5.74, 6) is 0. The predicted octanol–water partition coefficient (Wildman–Crippen LogP) is 4.65. The van der Waals surface area contributed by atoms with Gasteiger partial charge in [0.15, 0.2) is 0 Å². The highest BCUT2D eigenvalue weighted by atomic mass is 35.5. The summed E-state index contributed by atoms with van der Waals surface area (Å²) in [4.78, 5) is 2.33. The lowest BCUT2D eigenvalue weighted by molar-refractivity contribution is 0.767. The molecule has 0 aliphatic rings. The summed E-state index contributed by atoms with van der Waals surface area (Å²) < 4.78 is 0. The molecule has 0 saturated heterocycles. The van der Waals surface area contributed by atoms with E-state index in [2.05, 4.69) is 43.0 Å². The number of aryl methyl sites for hydroxylation is 1. The molecule has 106 valence electrons. The lowest BCUT2D eigenvalue weighted by Gasteiger charge is -2.25. The van der Waals surface area contributed by atoms with Crippen LogP contribution in [0.5, 0.6) is 0 Å². The van der Waals surface area contributed by atoms with E-state index in [9.17, 15) is 0 Å². The number of nitrogens with two attached hydrogens (primary N) is 1. The number of nitrogen functional groups attached to an aromatic ring is 1. The smallest absolute Gasteiger partial charge is 0.0458 e. The van der Waals surface area contributed by atoms with Crippen molar-refractivity contribution in [1.29, 1.82) is 0 Å². The van der Waals surface area contributed by atoms with Gasteiger partial charge in [0.1, 0.15) is 0 Å². The molecule has 0 heterocycles. The van der Waals surface area contributed by atoms with E-state index in [1.54, 1.807) is 0 Å². The van der Waals surface area contributed by atoms with Crippen LogP contribution in [0.2, 0.25) is 5.02 Å². The van der Waals surface area contributed by atoms with Gasteiger partial charge in [-0.05, 0) is 54.8 Å². The molecule has 0 bridgehead atoms. The van der Waals surface area contributed by atoms with Gasteiger partial charge in [0, 0.05) is 29.5 Å². The molecule has 0 spiro atoms. The molecule has 0 unspecified atom stereocenters. The van der Waals surface area contributed by atoms with Gasteiger partial charge in [-0.2, -0.15) is 0 Å². The molecule has 3 heteroatoms. The molecule has 0 radical (unpaired) electrons. The Kier molecular flexibility index (Phi) is 4.91. The van der Waals surface area contributed by atoms with E-state index in [1.165, 1.54) is 11.3 Å². The van der Waals surface area contributed by atoms with Crippen molar-refractivity contribution >= 4 is 23.0 Å². The van der Waals surface area contributed by atoms with Crippen LogP contribution in [0.1, 0.15) is 24.5 Å². The minimum Gasteiger partial charge on any atom is -0.399 e. The molecular weight excluding hydrogens is 268 g/mol. The van der Waals surface area contributed by atoms with E-state index >= 15 is 0 Å². The zero-order valence-corrected chi connectivity index (χ0v) is 12.8. The summed E-state index contributed by atoms with van der Waals surface area (Å²) in [5, 5.41) is 0.835. The highest BCUT2D eigenvalue weighted by Gasteiger charge is 2.09. The van der Waals surface area contributed by atoms with Crippen LogP contribution < -0.4 is 10.6 Å². The van der Waals surface area contributed by atoms with Crippen molar-refractivity contribution in [3.05, 3.63) is 58.6 Å². The molecule has 0 saturated carbocycles. The minimum atomic E-state index is 0.790. The molecule has 2 rings (SSSR count). The molecule has 0 aromatic heterocycles. The van der Waals surface area contributed by atoms with Crippen molar-refractivity contribution in [2.75, 3.05) is 17.2 Å². The zero-order valence-electron chi connectivity index (χ0n) is 12.1. The van der Waals surface area contributed by atoms with Gasteiger partial charge in [-0.15, -0.1) is 0 Å². The molecule has 0 fully saturated rings. The van der Waals surface area contributed by atoms with Gasteiger partial charge in [-0.3, -0.25) is 0 Å². The molecule has 0 aliphatic carbocycles. The Balaban J connectivity index is 2.22. The number of benzene rings is 2. The van der Waals surface area contributed by atoms with Crippen LogP contribution in [0, 0.1) is 6.92 Å². The summed E-state index contributed by atoms with van der Waals surface area (Å²) >= 11 is 6.34. The normalized spacial score (nSPS) is 10.6. The Morgan fingerprint density at radius 2 is 1.80 bits per heavy atom. The van der Waals surface area contributed by atoms with Gasteiger partial charge in [0.05, 0.1) is 0 Å². The van der Waals surface area contributed by atoms with Crippen LogP contribution in [0.4, 0.5) is 11.4 Å². The summed E-state index contributed by atoms with van der Waals surface area (Å²) in [6.45, 7) is 6.05. The topological polar surface area (TPSA) is 29.3 Å². The number of halogens is 1. The highest BCUT2D eigenvalue weighted by Crippen LogP contribution is 2.23. The largest absolute Gasteiger partial charge is 0.399 e. The molecule has 0 atom stereocenters. The maximum atomic E-state index is 6.34. The molecule has 2 nitrogen and oxygen atoms in total. The van der Waals surface area contributed by atoms with Gasteiger partial charge >= 0.3 is 0 Å². The minimum absolute atomic E-state index is 0.790. The van der Waals surface area contributed by atoms with Crippen LogP contribution in [-0.2, 0) is 6.54 Å². The first-order valence-corrected chi connectivity index (χ1v) is 7.33. The Labute approximate surface area is 126 Å². The molecule has 20 heavy (non-hydrogen) atoms. The van der Waals surface area contributed by atoms with E-state index in [4.69, 9.17) is 17.3 Å². The maximum Gasteiger partial charge on any atom is 0.0458 e. The first-order valence-electron chi connectivity index (χ1n) is 6.95. The number of nitrogens with zero attached hydrogens (tertiary/aromatic N) is 1. The van der Waals surface area contributed by atoms with Gasteiger partial charge in [-0.25, -0.2) is 0 Å². The van der Waals surface area contributed by atoms with Crippen molar-refractivity contribution in [2.45, 2.75) is 26.8 Å². The molecular formula is C17H21ClN2. The molecule has 0 amide bonds. The third-order valence-corrected chi connectivity index (χ3v) is 3.67. The van der Waals surface area contributed by atoms with Crippen molar-refractivity contribution in [3.8, 4) is 0 Å². The van der Waals surface area contributed by atoms with Crippen LogP contribution in [0.15, 0.2) is 42.5 Å². The van der Waals surface area contributed by atoms with Gasteiger partial charge in [-0.1, -0.05) is 30.7 Å². The quantitative estimate of drug-likeness (QED) is 0.812. The number of rotatable bonds is 5. The first-order chi connectivity index (χ1) is 9.60. The van der Waals surface area contributed by atoms with Crippen LogP contribution in [-0.4, -0.2) is 6.54 Å². The van der Waals surface area contributed by atoms with Crippen molar-refractivity contribution in [1.82, 2.24) is 0 Å². The SMILES string of the molecule is CCCN(Cc1ccc(C)cc1Cl)c1ccc(N)cc1. The standard InChI is InChI=1S/C17H21ClN2/c1-3-10-20(16-8-6-15(19)7-9-16)12-14-5-4-13(2)11-17(14)18/h4-9,11H,3,10,12,19H2,1-2H3. The molecule has 2 aromatic carbocycles. The van der Waals surface area contributed by atoms with Crippen LogP contribution >= 0.6 is 11.6 Å². The average Bonchev–Trinajstić information content (AvgIpc) is 2.42. The summed E-state index contributed by atoms with van der Waals surface area (Å²) in [7, 11) is 0. The second kappa shape index (κ2) is 6.67. The van der Waals surface area contributed by atoms with Gasteiger partial charge in [0.25, 0.3) is 0 Å². The predicted molar refractivity (Wildman–Crippen MR) is 88.4 cm³/mol. The third kappa shape index (κ3) is 3.67. The van der Waals surface area contributed by atoms with Crippen LogP contribution in [0.3, 0.4) is 0 Å². The van der Waals surface area contributed by atoms with Crippen molar-refractivity contribution in [2.24, 2.45) is 0 Å². The van der Waals surface area contributed by atoms with E-state index in [0.717, 1.165) is 35.8 Å². The second-order valence-electron chi connectivity index (χ2n) is 5.11. The fraction of sp³-hybridized carbons (Fsp3) is 0.294. The number of hydrogen-bond acceptors (Lipinski definition) is 2. The summed E-state index contributed by atoms with van der Waals surface area (Å²) in [6, 6.07) is 14.2. The Bertz CT molecular complexity index is 564. The maximum absolute atomic E-state index is 6.34. The van der Waals surface area contributed by atoms with E-state index in [0.29, 0.717) is 0 Å². The lowest BCUT2D eigenvalue weighted by Crippen LogP contribution is -2.23. The van der Waals surface area contributed by atoms with Gasteiger partial charge in [0.2, 0.25) is 0 Å². The third-order valence-electron chi connectivity index (χ3n) is 3.32. The summed E-state index contributed by atoms with van der Waals surface area (Å²) in [6.07, 6.45) is 1.09. The van der Waals surface area contributed by atoms with E-state index in [1.807, 2.05) is 18.2 Å². The van der Waals surface area contributed by atoms with Gasteiger partial charge < -0.3 is 10.6 Å². The zero-order chi connectivity index (χ0) is 14.5. The lowest BCUT2D eigenvalue weighted by atomic mass is 10.1. The fourth-order valence-electron chi connectivity index (χ4n) is 2.24. The van der Waals surface area contributed by atoms with Crippen molar-refractivity contribution in [3.63, 3.8) is 0 Å². The number of anilines is 2. The first kappa shape index (κ1) is 14.7. The monoisotopic (exact) mass is 288 g/mol. The highest BCUT2D eigenvalue weighted by molar-refractivity contribution is 6.31. The molecule has 2 aromatic rings. The van der Waals surface area contributed by atoms with Crippen molar-refractivity contribution < 1.29 is 0 Å². The Hall–Kier alpha value is -1.67. The molecule has 0 aliphatic heterocycles.